The zero-order valence-electron chi connectivity index (χ0n) is 12.3. The van der Waals surface area contributed by atoms with Crippen LogP contribution in [-0.2, 0) is 11.3 Å². The lowest BCUT2D eigenvalue weighted by atomic mass is 10.1. The van der Waals surface area contributed by atoms with E-state index >= 15 is 0 Å². The Bertz CT molecular complexity index is 530. The summed E-state index contributed by atoms with van der Waals surface area (Å²) in [6.45, 7) is 4.85. The van der Waals surface area contributed by atoms with Gasteiger partial charge in [0.1, 0.15) is 0 Å². The second kappa shape index (κ2) is 7.87. The van der Waals surface area contributed by atoms with E-state index in [0.29, 0.717) is 24.8 Å². The van der Waals surface area contributed by atoms with Crippen LogP contribution in [-0.4, -0.2) is 34.5 Å². The van der Waals surface area contributed by atoms with Crippen LogP contribution in [0.2, 0.25) is 0 Å². The molecule has 1 heterocycles. The van der Waals surface area contributed by atoms with Crippen LogP contribution in [0, 0.1) is 6.92 Å². The Balaban J connectivity index is 1.64. The molecule has 0 fully saturated rings. The molecule has 0 saturated heterocycles. The minimum atomic E-state index is -0.579. The summed E-state index contributed by atoms with van der Waals surface area (Å²) in [6.07, 6.45) is -0.620. The van der Waals surface area contributed by atoms with Crippen LogP contribution in [0.1, 0.15) is 30.3 Å². The number of aliphatic hydroxyl groups is 1. The predicted octanol–water partition coefficient (Wildman–Crippen LogP) is 1.61. The highest BCUT2D eigenvalue weighted by Gasteiger charge is 2.10. The molecule has 2 N–H and O–H groups in total. The molecule has 1 aromatic carbocycles. The van der Waals surface area contributed by atoms with E-state index in [4.69, 9.17) is 9.26 Å². The molecule has 0 aliphatic rings. The quantitative estimate of drug-likeness (QED) is 0.769. The van der Waals surface area contributed by atoms with Gasteiger partial charge in [-0.05, 0) is 12.5 Å². The molecule has 0 aliphatic carbocycles. The average molecular weight is 291 g/mol. The Labute approximate surface area is 124 Å². The standard InChI is InChI=1S/C15H21N3O3/c1-11(13-6-4-3-5-7-13)20-10-14(19)8-16-9-15-17-12(2)21-18-15/h3-7,11,14,16,19H,8-10H2,1-2H3. The fourth-order valence-corrected chi connectivity index (χ4v) is 1.90. The first kappa shape index (κ1) is 15.6. The maximum Gasteiger partial charge on any atom is 0.223 e. The van der Waals surface area contributed by atoms with Crippen LogP contribution >= 0.6 is 0 Å². The minimum Gasteiger partial charge on any atom is -0.389 e. The highest BCUT2D eigenvalue weighted by Crippen LogP contribution is 2.15. The lowest BCUT2D eigenvalue weighted by Crippen LogP contribution is -2.30. The molecule has 0 radical (unpaired) electrons. The average Bonchev–Trinajstić information content (AvgIpc) is 2.91. The third-order valence-corrected chi connectivity index (χ3v) is 3.04. The molecule has 6 heteroatoms. The van der Waals surface area contributed by atoms with Crippen molar-refractivity contribution in [3.8, 4) is 0 Å². The molecule has 2 rings (SSSR count). The molecule has 2 aromatic rings. The molecule has 0 amide bonds. The molecular weight excluding hydrogens is 270 g/mol. The normalized spacial score (nSPS) is 14.0. The Morgan fingerprint density at radius 1 is 1.33 bits per heavy atom. The van der Waals surface area contributed by atoms with Crippen molar-refractivity contribution >= 4 is 0 Å². The van der Waals surface area contributed by atoms with Gasteiger partial charge < -0.3 is 19.7 Å². The summed E-state index contributed by atoms with van der Waals surface area (Å²) >= 11 is 0. The van der Waals surface area contributed by atoms with Gasteiger partial charge >= 0.3 is 0 Å². The van der Waals surface area contributed by atoms with Gasteiger partial charge in [-0.2, -0.15) is 4.98 Å². The fourth-order valence-electron chi connectivity index (χ4n) is 1.90. The van der Waals surface area contributed by atoms with Gasteiger partial charge in [-0.3, -0.25) is 0 Å². The van der Waals surface area contributed by atoms with E-state index in [9.17, 15) is 5.11 Å². The van der Waals surface area contributed by atoms with Crippen LogP contribution in [0.3, 0.4) is 0 Å². The van der Waals surface area contributed by atoms with Gasteiger partial charge in [0.05, 0.1) is 25.4 Å². The maximum absolute atomic E-state index is 9.88. The molecule has 2 atom stereocenters. The number of aliphatic hydroxyl groups excluding tert-OH is 1. The van der Waals surface area contributed by atoms with Gasteiger partial charge in [0.2, 0.25) is 5.89 Å². The number of aromatic nitrogens is 2. The van der Waals surface area contributed by atoms with Crippen molar-refractivity contribution in [1.29, 1.82) is 0 Å². The Kier molecular flexibility index (Phi) is 5.86. The fraction of sp³-hybridized carbons (Fsp3) is 0.467. The summed E-state index contributed by atoms with van der Waals surface area (Å²) in [6, 6.07) is 9.93. The van der Waals surface area contributed by atoms with E-state index in [0.717, 1.165) is 5.56 Å². The summed E-state index contributed by atoms with van der Waals surface area (Å²) in [5, 5.41) is 16.7. The zero-order valence-corrected chi connectivity index (χ0v) is 12.3. The number of aryl methyl sites for hydroxylation is 1. The topological polar surface area (TPSA) is 80.4 Å². The molecule has 114 valence electrons. The second-order valence-electron chi connectivity index (χ2n) is 4.90. The molecule has 2 unspecified atom stereocenters. The molecule has 21 heavy (non-hydrogen) atoms. The van der Waals surface area contributed by atoms with Crippen molar-refractivity contribution in [2.24, 2.45) is 0 Å². The van der Waals surface area contributed by atoms with Gasteiger partial charge in [0.15, 0.2) is 5.82 Å². The summed E-state index contributed by atoms with van der Waals surface area (Å²) in [4.78, 5) is 4.07. The van der Waals surface area contributed by atoms with Crippen molar-refractivity contribution in [2.45, 2.75) is 32.6 Å². The third-order valence-electron chi connectivity index (χ3n) is 3.04. The predicted molar refractivity (Wildman–Crippen MR) is 77.6 cm³/mol. The molecular formula is C15H21N3O3. The monoisotopic (exact) mass is 291 g/mol. The highest BCUT2D eigenvalue weighted by atomic mass is 16.5. The first-order valence-corrected chi connectivity index (χ1v) is 6.99. The zero-order chi connectivity index (χ0) is 15.1. The smallest absolute Gasteiger partial charge is 0.223 e. The maximum atomic E-state index is 9.88. The number of rotatable bonds is 8. The summed E-state index contributed by atoms with van der Waals surface area (Å²) in [5.74, 6) is 1.12. The van der Waals surface area contributed by atoms with Crippen molar-refractivity contribution in [2.75, 3.05) is 13.2 Å². The van der Waals surface area contributed by atoms with E-state index in [2.05, 4.69) is 15.5 Å². The minimum absolute atomic E-state index is 0.0410. The molecule has 0 saturated carbocycles. The Morgan fingerprint density at radius 3 is 2.76 bits per heavy atom. The van der Waals surface area contributed by atoms with E-state index < -0.39 is 6.10 Å². The van der Waals surface area contributed by atoms with Gasteiger partial charge in [-0.15, -0.1) is 0 Å². The van der Waals surface area contributed by atoms with Gasteiger partial charge in [0.25, 0.3) is 0 Å². The van der Waals surface area contributed by atoms with E-state index in [1.54, 1.807) is 6.92 Å². The van der Waals surface area contributed by atoms with Crippen LogP contribution in [0.25, 0.3) is 0 Å². The largest absolute Gasteiger partial charge is 0.389 e. The van der Waals surface area contributed by atoms with E-state index in [-0.39, 0.29) is 12.7 Å². The van der Waals surface area contributed by atoms with Crippen LogP contribution in [0.4, 0.5) is 0 Å². The van der Waals surface area contributed by atoms with Crippen molar-refractivity contribution in [3.63, 3.8) is 0 Å². The van der Waals surface area contributed by atoms with Gasteiger partial charge in [0, 0.05) is 13.5 Å². The number of benzene rings is 1. The summed E-state index contributed by atoms with van der Waals surface area (Å²) < 4.78 is 10.5. The lowest BCUT2D eigenvalue weighted by Gasteiger charge is -2.17. The van der Waals surface area contributed by atoms with Crippen LogP contribution in [0.5, 0.6) is 0 Å². The molecule has 0 spiro atoms. The Morgan fingerprint density at radius 2 is 2.10 bits per heavy atom. The Hall–Kier alpha value is -1.76. The first-order chi connectivity index (χ1) is 10.1. The van der Waals surface area contributed by atoms with Crippen molar-refractivity contribution in [1.82, 2.24) is 15.5 Å². The SMILES string of the molecule is Cc1nc(CNCC(O)COC(C)c2ccccc2)no1. The number of hydrogen-bond acceptors (Lipinski definition) is 6. The van der Waals surface area contributed by atoms with Gasteiger partial charge in [-0.25, -0.2) is 0 Å². The molecule has 0 bridgehead atoms. The third kappa shape index (κ3) is 5.26. The molecule has 1 aromatic heterocycles. The second-order valence-corrected chi connectivity index (χ2v) is 4.90. The lowest BCUT2D eigenvalue weighted by molar-refractivity contribution is -0.00218. The van der Waals surface area contributed by atoms with Crippen LogP contribution in [0.15, 0.2) is 34.9 Å². The van der Waals surface area contributed by atoms with Gasteiger partial charge in [-0.1, -0.05) is 35.5 Å². The number of nitrogens with one attached hydrogen (secondary N) is 1. The number of hydrogen-bond donors (Lipinski definition) is 2. The molecule has 6 nitrogen and oxygen atoms in total. The molecule has 0 aliphatic heterocycles. The highest BCUT2D eigenvalue weighted by molar-refractivity contribution is 5.16. The first-order valence-electron chi connectivity index (χ1n) is 6.99. The summed E-state index contributed by atoms with van der Waals surface area (Å²) in [5.41, 5.74) is 1.10. The number of nitrogens with zero attached hydrogens (tertiary/aromatic N) is 2. The van der Waals surface area contributed by atoms with Crippen molar-refractivity contribution < 1.29 is 14.4 Å². The van der Waals surface area contributed by atoms with E-state index in [1.807, 2.05) is 37.3 Å². The summed E-state index contributed by atoms with van der Waals surface area (Å²) in [7, 11) is 0. The van der Waals surface area contributed by atoms with E-state index in [1.165, 1.54) is 0 Å². The van der Waals surface area contributed by atoms with Crippen LogP contribution < -0.4 is 5.32 Å². The van der Waals surface area contributed by atoms with Crippen molar-refractivity contribution in [3.05, 3.63) is 47.6 Å². The number of ether oxygens (including phenoxy) is 1.